The molecule has 2 unspecified atom stereocenters. The van der Waals surface area contributed by atoms with E-state index in [0.29, 0.717) is 18.4 Å². The summed E-state index contributed by atoms with van der Waals surface area (Å²) in [4.78, 5) is 11.1. The second-order valence-electron chi connectivity index (χ2n) is 11.6. The van der Waals surface area contributed by atoms with Crippen LogP contribution < -0.4 is 4.74 Å². The number of nitriles is 1. The van der Waals surface area contributed by atoms with Crippen molar-refractivity contribution in [1.29, 1.82) is 5.26 Å². The third-order valence-electron chi connectivity index (χ3n) is 8.08. The van der Waals surface area contributed by atoms with E-state index in [4.69, 9.17) is 9.47 Å². The molecule has 0 N–H and O–H groups in total. The van der Waals surface area contributed by atoms with Gasteiger partial charge in [-0.3, -0.25) is 0 Å². The maximum absolute atomic E-state index is 11.1. The van der Waals surface area contributed by atoms with E-state index in [0.717, 1.165) is 76.6 Å². The van der Waals surface area contributed by atoms with Gasteiger partial charge < -0.3 is 9.47 Å². The molecular weight excluding hydrogens is 482 g/mol. The first-order chi connectivity index (χ1) is 18.9. The fourth-order valence-corrected chi connectivity index (χ4v) is 5.64. The highest BCUT2D eigenvalue weighted by Gasteiger charge is 2.36. The standard InChI is InChI=1S/C35H47NO3/c1-4-34(37)39-24-10-8-6-5-7-9-22-35(27-36)23-11-12-32(26-35)31-15-13-29(14-16-31)30-17-19-33(20-18-30)38-25-21-28(2)3/h4,13-20,28,32H,1,5-12,21-26H2,2-3H3. The number of ether oxygens (including phenoxy) is 2. The Hall–Kier alpha value is -3.06. The summed E-state index contributed by atoms with van der Waals surface area (Å²) < 4.78 is 10.9. The Balaban J connectivity index is 1.44. The van der Waals surface area contributed by atoms with Crippen LogP contribution in [0.25, 0.3) is 11.1 Å². The Labute approximate surface area is 236 Å². The Morgan fingerprint density at radius 1 is 1.00 bits per heavy atom. The van der Waals surface area contributed by atoms with Gasteiger partial charge in [0.05, 0.1) is 24.7 Å². The molecule has 0 amide bonds. The highest BCUT2D eigenvalue weighted by Crippen LogP contribution is 2.47. The maximum atomic E-state index is 11.1. The maximum Gasteiger partial charge on any atom is 0.330 e. The molecular formula is C35H47NO3. The summed E-state index contributed by atoms with van der Waals surface area (Å²) in [5.74, 6) is 1.70. The number of hydrogen-bond donors (Lipinski definition) is 0. The molecule has 1 fully saturated rings. The van der Waals surface area contributed by atoms with Gasteiger partial charge in [0, 0.05) is 6.08 Å². The van der Waals surface area contributed by atoms with Crippen molar-refractivity contribution in [2.75, 3.05) is 13.2 Å². The minimum absolute atomic E-state index is 0.189. The molecule has 0 saturated heterocycles. The topological polar surface area (TPSA) is 59.3 Å². The zero-order valence-electron chi connectivity index (χ0n) is 24.1. The van der Waals surface area contributed by atoms with Crippen LogP contribution in [0.1, 0.15) is 102 Å². The number of carbonyl (C=O) groups excluding carboxylic acids is 1. The van der Waals surface area contributed by atoms with Crippen molar-refractivity contribution in [3.63, 3.8) is 0 Å². The molecule has 1 saturated carbocycles. The predicted molar refractivity (Wildman–Crippen MR) is 160 cm³/mol. The molecule has 0 bridgehead atoms. The lowest BCUT2D eigenvalue weighted by Gasteiger charge is -2.36. The molecule has 2 aromatic rings. The summed E-state index contributed by atoms with van der Waals surface area (Å²) in [6, 6.07) is 20.1. The van der Waals surface area contributed by atoms with Gasteiger partial charge in [0.25, 0.3) is 0 Å². The van der Waals surface area contributed by atoms with Gasteiger partial charge in [0.2, 0.25) is 0 Å². The molecule has 1 aliphatic carbocycles. The van der Waals surface area contributed by atoms with Gasteiger partial charge in [-0.15, -0.1) is 0 Å². The van der Waals surface area contributed by atoms with E-state index in [1.54, 1.807) is 0 Å². The van der Waals surface area contributed by atoms with E-state index in [1.165, 1.54) is 35.6 Å². The highest BCUT2D eigenvalue weighted by atomic mass is 16.5. The van der Waals surface area contributed by atoms with Crippen molar-refractivity contribution in [2.24, 2.45) is 11.3 Å². The molecule has 0 heterocycles. The number of esters is 1. The van der Waals surface area contributed by atoms with E-state index < -0.39 is 0 Å². The molecule has 2 aromatic carbocycles. The SMILES string of the molecule is C=CC(=O)OCCCCCCCCC1(C#N)CCCC(c2ccc(-c3ccc(OCCC(C)C)cc3)cc2)C1. The molecule has 4 heteroatoms. The number of nitrogens with zero attached hydrogens (tertiary/aromatic N) is 1. The minimum Gasteiger partial charge on any atom is -0.494 e. The Morgan fingerprint density at radius 2 is 1.64 bits per heavy atom. The number of carbonyl (C=O) groups is 1. The van der Waals surface area contributed by atoms with Crippen LogP contribution in [0.4, 0.5) is 0 Å². The first-order valence-corrected chi connectivity index (χ1v) is 15.0. The van der Waals surface area contributed by atoms with Crippen LogP contribution in [0.3, 0.4) is 0 Å². The van der Waals surface area contributed by atoms with E-state index in [-0.39, 0.29) is 11.4 Å². The third kappa shape index (κ3) is 10.2. The molecule has 39 heavy (non-hydrogen) atoms. The predicted octanol–water partition coefficient (Wildman–Crippen LogP) is 9.41. The van der Waals surface area contributed by atoms with Crippen LogP contribution in [0, 0.1) is 22.7 Å². The molecule has 2 atom stereocenters. The van der Waals surface area contributed by atoms with Gasteiger partial charge in [-0.1, -0.05) is 95.3 Å². The summed E-state index contributed by atoms with van der Waals surface area (Å²) in [6.45, 7) is 9.07. The molecule has 0 radical (unpaired) electrons. The van der Waals surface area contributed by atoms with Gasteiger partial charge in [-0.2, -0.15) is 5.26 Å². The molecule has 0 spiro atoms. The normalized spacial score (nSPS) is 18.9. The van der Waals surface area contributed by atoms with Crippen molar-refractivity contribution in [2.45, 2.75) is 96.8 Å². The van der Waals surface area contributed by atoms with Gasteiger partial charge in [0.1, 0.15) is 5.75 Å². The number of hydrogen-bond acceptors (Lipinski definition) is 4. The molecule has 210 valence electrons. The molecule has 1 aliphatic rings. The molecule has 0 aromatic heterocycles. The largest absolute Gasteiger partial charge is 0.494 e. The van der Waals surface area contributed by atoms with Crippen LogP contribution in [-0.2, 0) is 9.53 Å². The Kier molecular flexibility index (Phi) is 12.6. The van der Waals surface area contributed by atoms with Gasteiger partial charge >= 0.3 is 5.97 Å². The summed E-state index contributed by atoms with van der Waals surface area (Å²) in [5.41, 5.74) is 3.59. The van der Waals surface area contributed by atoms with Crippen molar-refractivity contribution in [1.82, 2.24) is 0 Å². The molecule has 3 rings (SSSR count). The number of rotatable bonds is 16. The fraction of sp³-hybridized carbons (Fsp3) is 0.543. The Morgan fingerprint density at radius 3 is 2.28 bits per heavy atom. The summed E-state index contributed by atoms with van der Waals surface area (Å²) in [5, 5.41) is 10.2. The van der Waals surface area contributed by atoms with E-state index in [9.17, 15) is 10.1 Å². The summed E-state index contributed by atoms with van der Waals surface area (Å²) >= 11 is 0. The van der Waals surface area contributed by atoms with Crippen LogP contribution in [0.15, 0.2) is 61.2 Å². The molecule has 0 aliphatic heterocycles. The van der Waals surface area contributed by atoms with Crippen molar-refractivity contribution in [3.8, 4) is 22.9 Å². The lowest BCUT2D eigenvalue weighted by atomic mass is 9.66. The lowest BCUT2D eigenvalue weighted by Crippen LogP contribution is -2.26. The summed E-state index contributed by atoms with van der Waals surface area (Å²) in [7, 11) is 0. The van der Waals surface area contributed by atoms with Crippen molar-refractivity contribution < 1.29 is 14.3 Å². The number of benzene rings is 2. The zero-order valence-corrected chi connectivity index (χ0v) is 24.1. The second-order valence-corrected chi connectivity index (χ2v) is 11.6. The first-order valence-electron chi connectivity index (χ1n) is 15.0. The van der Waals surface area contributed by atoms with Crippen LogP contribution in [0.5, 0.6) is 5.75 Å². The molecule has 4 nitrogen and oxygen atoms in total. The monoisotopic (exact) mass is 529 g/mol. The van der Waals surface area contributed by atoms with Gasteiger partial charge in [0.15, 0.2) is 0 Å². The zero-order chi connectivity index (χ0) is 27.9. The lowest BCUT2D eigenvalue weighted by molar-refractivity contribution is -0.137. The van der Waals surface area contributed by atoms with Crippen LogP contribution >= 0.6 is 0 Å². The van der Waals surface area contributed by atoms with Gasteiger partial charge in [-0.25, -0.2) is 4.79 Å². The van der Waals surface area contributed by atoms with E-state index in [2.05, 4.69) is 75.0 Å². The van der Waals surface area contributed by atoms with Crippen LogP contribution in [-0.4, -0.2) is 19.2 Å². The summed E-state index contributed by atoms with van der Waals surface area (Å²) in [6.07, 6.45) is 14.1. The fourth-order valence-electron chi connectivity index (χ4n) is 5.64. The van der Waals surface area contributed by atoms with E-state index in [1.807, 2.05) is 0 Å². The Bertz CT molecular complexity index is 1050. The quantitative estimate of drug-likeness (QED) is 0.123. The van der Waals surface area contributed by atoms with Crippen molar-refractivity contribution >= 4 is 5.97 Å². The second kappa shape index (κ2) is 16.1. The van der Waals surface area contributed by atoms with Crippen molar-refractivity contribution in [3.05, 3.63) is 66.7 Å². The van der Waals surface area contributed by atoms with E-state index >= 15 is 0 Å². The first kappa shape index (κ1) is 30.5. The number of unbranched alkanes of at least 4 members (excludes halogenated alkanes) is 5. The smallest absolute Gasteiger partial charge is 0.330 e. The highest BCUT2D eigenvalue weighted by molar-refractivity contribution is 5.81. The third-order valence-corrected chi connectivity index (χ3v) is 8.08. The van der Waals surface area contributed by atoms with Crippen LogP contribution in [0.2, 0.25) is 0 Å². The minimum atomic E-state index is -0.341. The average Bonchev–Trinajstić information content (AvgIpc) is 2.96. The van der Waals surface area contributed by atoms with Gasteiger partial charge in [-0.05, 0) is 79.2 Å². The average molecular weight is 530 g/mol.